The van der Waals surface area contributed by atoms with Crippen molar-refractivity contribution in [2.24, 2.45) is 11.5 Å². The lowest BCUT2D eigenvalue weighted by Gasteiger charge is -2.25. The molecular weight excluding hydrogens is 274 g/mol. The number of rotatable bonds is 4. The van der Waals surface area contributed by atoms with Crippen LogP contribution in [0, 0.1) is 0 Å². The Morgan fingerprint density at radius 1 is 1.33 bits per heavy atom. The van der Waals surface area contributed by atoms with Crippen molar-refractivity contribution in [2.45, 2.75) is 31.3 Å². The van der Waals surface area contributed by atoms with E-state index in [0.717, 1.165) is 6.42 Å². The molecule has 6 N–H and O–H groups in total. The first-order valence-electron chi connectivity index (χ1n) is 6.76. The van der Waals surface area contributed by atoms with Gasteiger partial charge in [0.15, 0.2) is 11.5 Å². The number of nitrogens with zero attached hydrogens (tertiary/aromatic N) is 1. The number of likely N-dealkylation sites (tertiary alicyclic amines) is 1. The van der Waals surface area contributed by atoms with Gasteiger partial charge in [0.1, 0.15) is 6.04 Å². The standard InChI is InChI=1S/C14H19N3O4/c15-9(6-8-3-4-11(18)12(19)7-8)14(21)17-5-1-2-10(17)13(16)20/h3-4,7,9-10,18-19H,1-2,5-6,15H2,(H2,16,20)/t9-,10?/m0/s1. The van der Waals surface area contributed by atoms with Crippen molar-refractivity contribution in [2.75, 3.05) is 6.54 Å². The smallest absolute Gasteiger partial charge is 0.240 e. The Morgan fingerprint density at radius 2 is 2.05 bits per heavy atom. The summed E-state index contributed by atoms with van der Waals surface area (Å²) in [4.78, 5) is 25.0. The Kier molecular flexibility index (Phi) is 4.32. The molecule has 0 radical (unpaired) electrons. The minimum Gasteiger partial charge on any atom is -0.504 e. The minimum atomic E-state index is -0.825. The molecule has 1 aromatic carbocycles. The highest BCUT2D eigenvalue weighted by molar-refractivity contribution is 5.89. The number of amides is 2. The van der Waals surface area contributed by atoms with E-state index in [-0.39, 0.29) is 23.8 Å². The fourth-order valence-electron chi connectivity index (χ4n) is 2.58. The maximum absolute atomic E-state index is 12.3. The molecule has 1 unspecified atom stereocenters. The highest BCUT2D eigenvalue weighted by Gasteiger charge is 2.34. The lowest BCUT2D eigenvalue weighted by molar-refractivity contribution is -0.138. The van der Waals surface area contributed by atoms with Crippen molar-refractivity contribution in [3.05, 3.63) is 23.8 Å². The number of hydrogen-bond acceptors (Lipinski definition) is 5. The molecule has 1 fully saturated rings. The van der Waals surface area contributed by atoms with Gasteiger partial charge < -0.3 is 26.6 Å². The fraction of sp³-hybridized carbons (Fsp3) is 0.429. The quantitative estimate of drug-likeness (QED) is 0.553. The molecule has 1 aromatic rings. The topological polar surface area (TPSA) is 130 Å². The third-order valence-corrected chi connectivity index (χ3v) is 3.68. The van der Waals surface area contributed by atoms with E-state index in [4.69, 9.17) is 11.5 Å². The third kappa shape index (κ3) is 3.25. The van der Waals surface area contributed by atoms with Crippen LogP contribution in [0.15, 0.2) is 18.2 Å². The Balaban J connectivity index is 2.05. The number of carbonyl (C=O) groups is 2. The van der Waals surface area contributed by atoms with Crippen LogP contribution in [-0.2, 0) is 16.0 Å². The number of hydrogen-bond donors (Lipinski definition) is 4. The predicted molar refractivity (Wildman–Crippen MR) is 75.4 cm³/mol. The molecule has 21 heavy (non-hydrogen) atoms. The van der Waals surface area contributed by atoms with Crippen LogP contribution in [0.2, 0.25) is 0 Å². The summed E-state index contributed by atoms with van der Waals surface area (Å²) in [5.41, 5.74) is 11.8. The SMILES string of the molecule is NC(=O)C1CCCN1C(=O)[C@@H](N)Cc1ccc(O)c(O)c1. The molecule has 2 amide bonds. The van der Waals surface area contributed by atoms with Crippen LogP contribution in [0.25, 0.3) is 0 Å². The van der Waals surface area contributed by atoms with Crippen molar-refractivity contribution in [1.82, 2.24) is 4.90 Å². The normalized spacial score (nSPS) is 19.5. The van der Waals surface area contributed by atoms with Gasteiger partial charge in [0.25, 0.3) is 0 Å². The van der Waals surface area contributed by atoms with E-state index in [0.29, 0.717) is 18.5 Å². The second-order valence-corrected chi connectivity index (χ2v) is 5.23. The lowest BCUT2D eigenvalue weighted by Crippen LogP contribution is -2.50. The Hall–Kier alpha value is -2.28. The van der Waals surface area contributed by atoms with E-state index in [1.807, 2.05) is 0 Å². The van der Waals surface area contributed by atoms with Crippen molar-refractivity contribution in [3.63, 3.8) is 0 Å². The van der Waals surface area contributed by atoms with Gasteiger partial charge in [-0.2, -0.15) is 0 Å². The number of nitrogens with two attached hydrogens (primary N) is 2. The summed E-state index contributed by atoms with van der Waals surface area (Å²) >= 11 is 0. The first-order valence-corrected chi connectivity index (χ1v) is 6.76. The average molecular weight is 293 g/mol. The van der Waals surface area contributed by atoms with Crippen molar-refractivity contribution >= 4 is 11.8 Å². The number of phenols is 2. The maximum Gasteiger partial charge on any atom is 0.240 e. The molecule has 114 valence electrons. The summed E-state index contributed by atoms with van der Waals surface area (Å²) in [6, 6.07) is 2.87. The molecule has 1 aliphatic heterocycles. The zero-order valence-electron chi connectivity index (χ0n) is 11.5. The Morgan fingerprint density at radius 3 is 2.67 bits per heavy atom. The van der Waals surface area contributed by atoms with Crippen molar-refractivity contribution in [1.29, 1.82) is 0 Å². The molecule has 2 rings (SSSR count). The number of primary amides is 1. The summed E-state index contributed by atoms with van der Waals surface area (Å²) in [5.74, 6) is -1.34. The van der Waals surface area contributed by atoms with E-state index in [9.17, 15) is 19.8 Å². The summed E-state index contributed by atoms with van der Waals surface area (Å²) in [5, 5.41) is 18.7. The highest BCUT2D eigenvalue weighted by Crippen LogP contribution is 2.25. The Labute approximate surface area is 122 Å². The summed E-state index contributed by atoms with van der Waals surface area (Å²) in [6.45, 7) is 0.473. The van der Waals surface area contributed by atoms with Crippen LogP contribution in [0.1, 0.15) is 18.4 Å². The fourth-order valence-corrected chi connectivity index (χ4v) is 2.58. The molecule has 1 saturated heterocycles. The predicted octanol–water partition coefficient (Wildman–Crippen LogP) is -0.556. The van der Waals surface area contributed by atoms with E-state index < -0.39 is 18.0 Å². The van der Waals surface area contributed by atoms with E-state index in [1.54, 1.807) is 6.07 Å². The van der Waals surface area contributed by atoms with Gasteiger partial charge in [0, 0.05) is 6.54 Å². The molecule has 7 heteroatoms. The molecule has 7 nitrogen and oxygen atoms in total. The third-order valence-electron chi connectivity index (χ3n) is 3.68. The molecule has 0 saturated carbocycles. The van der Waals surface area contributed by atoms with Gasteiger partial charge in [-0.15, -0.1) is 0 Å². The average Bonchev–Trinajstić information content (AvgIpc) is 2.91. The van der Waals surface area contributed by atoms with Crippen LogP contribution < -0.4 is 11.5 Å². The zero-order chi connectivity index (χ0) is 15.6. The second-order valence-electron chi connectivity index (χ2n) is 5.23. The van der Waals surface area contributed by atoms with Crippen LogP contribution in [0.5, 0.6) is 11.5 Å². The minimum absolute atomic E-state index is 0.203. The number of aromatic hydroxyl groups is 2. The molecule has 1 heterocycles. The van der Waals surface area contributed by atoms with Gasteiger partial charge in [0.2, 0.25) is 11.8 Å². The summed E-state index contributed by atoms with van der Waals surface area (Å²) < 4.78 is 0. The number of phenolic OH excluding ortho intramolecular Hbond substituents is 2. The molecule has 2 atom stereocenters. The largest absolute Gasteiger partial charge is 0.504 e. The van der Waals surface area contributed by atoms with Gasteiger partial charge in [-0.1, -0.05) is 6.07 Å². The first kappa shape index (κ1) is 15.1. The first-order chi connectivity index (χ1) is 9.90. The van der Waals surface area contributed by atoms with Crippen LogP contribution in [0.3, 0.4) is 0 Å². The molecular formula is C14H19N3O4. The van der Waals surface area contributed by atoms with E-state index >= 15 is 0 Å². The summed E-state index contributed by atoms with van der Waals surface area (Å²) in [6.07, 6.45) is 1.49. The van der Waals surface area contributed by atoms with E-state index in [2.05, 4.69) is 0 Å². The van der Waals surface area contributed by atoms with Gasteiger partial charge >= 0.3 is 0 Å². The molecule has 0 aromatic heterocycles. The lowest BCUT2D eigenvalue weighted by atomic mass is 10.0. The number of carbonyl (C=O) groups excluding carboxylic acids is 2. The Bertz CT molecular complexity index is 561. The summed E-state index contributed by atoms with van der Waals surface area (Å²) in [7, 11) is 0. The van der Waals surface area contributed by atoms with Crippen LogP contribution in [-0.4, -0.2) is 45.6 Å². The van der Waals surface area contributed by atoms with Gasteiger partial charge in [-0.3, -0.25) is 9.59 Å². The number of benzene rings is 1. The van der Waals surface area contributed by atoms with Gasteiger partial charge in [-0.25, -0.2) is 0 Å². The van der Waals surface area contributed by atoms with Crippen molar-refractivity contribution in [3.8, 4) is 11.5 Å². The zero-order valence-corrected chi connectivity index (χ0v) is 11.5. The molecule has 0 aliphatic carbocycles. The molecule has 0 spiro atoms. The highest BCUT2D eigenvalue weighted by atomic mass is 16.3. The monoisotopic (exact) mass is 293 g/mol. The van der Waals surface area contributed by atoms with Gasteiger partial charge in [0.05, 0.1) is 6.04 Å². The van der Waals surface area contributed by atoms with Gasteiger partial charge in [-0.05, 0) is 37.0 Å². The molecule has 0 bridgehead atoms. The maximum atomic E-state index is 12.3. The molecule has 1 aliphatic rings. The van der Waals surface area contributed by atoms with E-state index in [1.165, 1.54) is 17.0 Å². The second kappa shape index (κ2) is 6.01. The van der Waals surface area contributed by atoms with Crippen LogP contribution >= 0.6 is 0 Å². The van der Waals surface area contributed by atoms with Crippen molar-refractivity contribution < 1.29 is 19.8 Å². The van der Waals surface area contributed by atoms with Crippen LogP contribution in [0.4, 0.5) is 0 Å².